The van der Waals surface area contributed by atoms with E-state index in [0.717, 1.165) is 12.0 Å². The van der Waals surface area contributed by atoms with Gasteiger partial charge >= 0.3 is 0 Å². The quantitative estimate of drug-likeness (QED) is 0.899. The normalized spacial score (nSPS) is 13.5. The van der Waals surface area contributed by atoms with E-state index in [1.54, 1.807) is 6.26 Å². The van der Waals surface area contributed by atoms with Crippen LogP contribution in [0.4, 0.5) is 0 Å². The van der Waals surface area contributed by atoms with Crippen LogP contribution in [0.3, 0.4) is 0 Å². The van der Waals surface area contributed by atoms with Gasteiger partial charge in [0.05, 0.1) is 6.26 Å². The lowest BCUT2D eigenvalue weighted by molar-refractivity contribution is 0.560. The number of benzene rings is 1. The molecule has 1 unspecified atom stereocenters. The van der Waals surface area contributed by atoms with E-state index in [2.05, 4.69) is 45.0 Å². The van der Waals surface area contributed by atoms with Gasteiger partial charge in [-0.1, -0.05) is 45.0 Å². The van der Waals surface area contributed by atoms with Crippen LogP contribution in [0.5, 0.6) is 0 Å². The molecule has 0 aliphatic carbocycles. The third-order valence-corrected chi connectivity index (χ3v) is 3.63. The van der Waals surface area contributed by atoms with Crippen LogP contribution in [0, 0.1) is 0 Å². The van der Waals surface area contributed by atoms with Crippen LogP contribution in [0.1, 0.15) is 43.5 Å². The third kappa shape index (κ3) is 3.40. The minimum atomic E-state index is -0.133. The van der Waals surface area contributed by atoms with Gasteiger partial charge in [0.15, 0.2) is 5.22 Å². The molecule has 0 bridgehead atoms. The van der Waals surface area contributed by atoms with Crippen LogP contribution in [-0.2, 0) is 11.8 Å². The summed E-state index contributed by atoms with van der Waals surface area (Å²) in [5.41, 5.74) is 9.72. The Bertz CT molecular complexity index is 537. The maximum Gasteiger partial charge on any atom is 0.197 e. The van der Waals surface area contributed by atoms with E-state index >= 15 is 0 Å². The molecule has 1 atom stereocenters. The van der Waals surface area contributed by atoms with Crippen LogP contribution in [0.2, 0.25) is 5.22 Å². The minimum Gasteiger partial charge on any atom is -0.453 e. The summed E-state index contributed by atoms with van der Waals surface area (Å²) < 4.78 is 5.07. The summed E-state index contributed by atoms with van der Waals surface area (Å²) >= 11 is 5.94. The number of hydrogen-bond donors (Lipinski definition) is 1. The van der Waals surface area contributed by atoms with E-state index in [0.29, 0.717) is 5.22 Å². The summed E-state index contributed by atoms with van der Waals surface area (Å²) in [7, 11) is 0. The Labute approximate surface area is 119 Å². The first-order valence-electron chi connectivity index (χ1n) is 6.46. The molecule has 19 heavy (non-hydrogen) atoms. The van der Waals surface area contributed by atoms with Gasteiger partial charge in [-0.05, 0) is 40.6 Å². The first-order valence-corrected chi connectivity index (χ1v) is 6.83. The highest BCUT2D eigenvalue weighted by Gasteiger charge is 2.15. The minimum absolute atomic E-state index is 0.133. The molecule has 2 aromatic rings. The molecule has 0 spiro atoms. The van der Waals surface area contributed by atoms with Crippen LogP contribution in [-0.4, -0.2) is 0 Å². The maximum atomic E-state index is 6.15. The Kier molecular flexibility index (Phi) is 4.02. The van der Waals surface area contributed by atoms with Gasteiger partial charge < -0.3 is 10.2 Å². The number of rotatable bonds is 3. The zero-order valence-electron chi connectivity index (χ0n) is 11.6. The molecule has 0 saturated carbocycles. The van der Waals surface area contributed by atoms with Crippen molar-refractivity contribution in [2.45, 2.75) is 38.6 Å². The molecular weight excluding hydrogens is 258 g/mol. The van der Waals surface area contributed by atoms with Crippen molar-refractivity contribution in [2.24, 2.45) is 5.73 Å². The average molecular weight is 278 g/mol. The van der Waals surface area contributed by atoms with Gasteiger partial charge in [0, 0.05) is 11.6 Å². The predicted molar refractivity (Wildman–Crippen MR) is 79.5 cm³/mol. The third-order valence-electron chi connectivity index (χ3n) is 3.32. The fourth-order valence-corrected chi connectivity index (χ4v) is 2.33. The van der Waals surface area contributed by atoms with Crippen LogP contribution in [0.25, 0.3) is 0 Å². The molecule has 3 heteroatoms. The molecule has 2 nitrogen and oxygen atoms in total. The molecule has 0 radical (unpaired) electrons. The SMILES string of the molecule is CC(C)(C)c1ccc(CC(N)c2ccoc2Cl)cc1. The van der Waals surface area contributed by atoms with Crippen molar-refractivity contribution < 1.29 is 4.42 Å². The lowest BCUT2D eigenvalue weighted by Gasteiger charge is -2.19. The Balaban J connectivity index is 2.10. The second-order valence-corrected chi connectivity index (χ2v) is 6.25. The molecule has 1 aromatic heterocycles. The summed E-state index contributed by atoms with van der Waals surface area (Å²) in [6.45, 7) is 6.62. The molecule has 0 fully saturated rings. The highest BCUT2D eigenvalue weighted by Crippen LogP contribution is 2.26. The molecule has 0 amide bonds. The fraction of sp³-hybridized carbons (Fsp3) is 0.375. The van der Waals surface area contributed by atoms with Gasteiger partial charge in [-0.25, -0.2) is 0 Å². The monoisotopic (exact) mass is 277 g/mol. The summed E-state index contributed by atoms with van der Waals surface area (Å²) in [5, 5.41) is 0.388. The van der Waals surface area contributed by atoms with E-state index < -0.39 is 0 Å². The zero-order valence-corrected chi connectivity index (χ0v) is 12.4. The maximum absolute atomic E-state index is 6.15. The van der Waals surface area contributed by atoms with Gasteiger partial charge in [0.2, 0.25) is 0 Å². The Morgan fingerprint density at radius 2 is 1.79 bits per heavy atom. The van der Waals surface area contributed by atoms with Crippen LogP contribution >= 0.6 is 11.6 Å². The van der Waals surface area contributed by atoms with Crippen molar-refractivity contribution in [3.63, 3.8) is 0 Å². The fourth-order valence-electron chi connectivity index (χ4n) is 2.07. The van der Waals surface area contributed by atoms with Gasteiger partial charge in [0.25, 0.3) is 0 Å². The summed E-state index contributed by atoms with van der Waals surface area (Å²) in [5.74, 6) is 0. The van der Waals surface area contributed by atoms with Crippen molar-refractivity contribution in [3.05, 3.63) is 58.5 Å². The van der Waals surface area contributed by atoms with E-state index in [-0.39, 0.29) is 11.5 Å². The number of hydrogen-bond acceptors (Lipinski definition) is 2. The Morgan fingerprint density at radius 3 is 2.26 bits per heavy atom. The highest BCUT2D eigenvalue weighted by molar-refractivity contribution is 6.29. The standard InChI is InChI=1S/C16H20ClNO/c1-16(2,3)12-6-4-11(5-7-12)10-14(18)13-8-9-19-15(13)17/h4-9,14H,10,18H2,1-3H3. The molecular formula is C16H20ClNO. The average Bonchev–Trinajstić information content (AvgIpc) is 2.75. The van der Waals surface area contributed by atoms with Crippen molar-refractivity contribution in [2.75, 3.05) is 0 Å². The smallest absolute Gasteiger partial charge is 0.197 e. The Hall–Kier alpha value is -1.25. The number of nitrogens with two attached hydrogens (primary N) is 1. The first-order chi connectivity index (χ1) is 8.88. The van der Waals surface area contributed by atoms with E-state index in [1.165, 1.54) is 11.1 Å². The highest BCUT2D eigenvalue weighted by atomic mass is 35.5. The van der Waals surface area contributed by atoms with Crippen molar-refractivity contribution in [1.29, 1.82) is 0 Å². The van der Waals surface area contributed by atoms with Crippen LogP contribution in [0.15, 0.2) is 41.0 Å². The number of halogens is 1. The summed E-state index contributed by atoms with van der Waals surface area (Å²) in [6, 6.07) is 10.3. The molecule has 0 saturated heterocycles. The molecule has 102 valence electrons. The van der Waals surface area contributed by atoms with Gasteiger partial charge in [-0.2, -0.15) is 0 Å². The molecule has 1 aromatic carbocycles. The predicted octanol–water partition coefficient (Wildman–Crippen LogP) is 4.47. The second-order valence-electron chi connectivity index (χ2n) is 5.91. The summed E-state index contributed by atoms with van der Waals surface area (Å²) in [6.07, 6.45) is 2.32. The molecule has 0 aliphatic heterocycles. The largest absolute Gasteiger partial charge is 0.453 e. The first kappa shape index (κ1) is 14.2. The summed E-state index contributed by atoms with van der Waals surface area (Å²) in [4.78, 5) is 0. The lowest BCUT2D eigenvalue weighted by atomic mass is 9.86. The second kappa shape index (κ2) is 5.40. The van der Waals surface area contributed by atoms with Gasteiger partial charge in [-0.3, -0.25) is 0 Å². The molecule has 2 rings (SSSR count). The van der Waals surface area contributed by atoms with Crippen molar-refractivity contribution in [1.82, 2.24) is 0 Å². The zero-order chi connectivity index (χ0) is 14.0. The molecule has 1 heterocycles. The van der Waals surface area contributed by atoms with Gasteiger partial charge in [-0.15, -0.1) is 0 Å². The van der Waals surface area contributed by atoms with E-state index in [4.69, 9.17) is 21.8 Å². The van der Waals surface area contributed by atoms with Crippen molar-refractivity contribution >= 4 is 11.6 Å². The van der Waals surface area contributed by atoms with Gasteiger partial charge in [0.1, 0.15) is 0 Å². The van der Waals surface area contributed by atoms with Crippen molar-refractivity contribution in [3.8, 4) is 0 Å². The van der Waals surface area contributed by atoms with Crippen LogP contribution < -0.4 is 5.73 Å². The Morgan fingerprint density at radius 1 is 1.16 bits per heavy atom. The lowest BCUT2D eigenvalue weighted by Crippen LogP contribution is -2.14. The molecule has 0 aliphatic rings. The molecule has 2 N–H and O–H groups in total. The topological polar surface area (TPSA) is 39.2 Å². The van der Waals surface area contributed by atoms with E-state index in [1.807, 2.05) is 6.07 Å². The van der Waals surface area contributed by atoms with E-state index in [9.17, 15) is 0 Å². The number of furan rings is 1.